The van der Waals surface area contributed by atoms with Crippen LogP contribution in [-0.2, 0) is 4.74 Å². The highest BCUT2D eigenvalue weighted by Gasteiger charge is 1.99. The Labute approximate surface area is 88.9 Å². The summed E-state index contributed by atoms with van der Waals surface area (Å²) in [6.45, 7) is 9.46. The van der Waals surface area contributed by atoms with Crippen molar-refractivity contribution in [2.45, 2.75) is 32.6 Å². The van der Waals surface area contributed by atoms with Crippen LogP contribution in [-0.4, -0.2) is 38.8 Å². The molecule has 0 saturated carbocycles. The van der Waals surface area contributed by atoms with Gasteiger partial charge in [0.1, 0.15) is 0 Å². The van der Waals surface area contributed by atoms with Gasteiger partial charge in [0.2, 0.25) is 0 Å². The number of rotatable bonds is 9. The zero-order valence-electron chi connectivity index (χ0n) is 10.0. The predicted molar refractivity (Wildman–Crippen MR) is 62.7 cm³/mol. The molecule has 0 aromatic heterocycles. The van der Waals surface area contributed by atoms with E-state index in [-0.39, 0.29) is 0 Å². The summed E-state index contributed by atoms with van der Waals surface area (Å²) >= 11 is 0. The molecule has 2 nitrogen and oxygen atoms in total. The molecule has 0 rings (SSSR count). The summed E-state index contributed by atoms with van der Waals surface area (Å²) in [4.78, 5) is 2.36. The van der Waals surface area contributed by atoms with Crippen LogP contribution in [0.5, 0.6) is 0 Å². The molecule has 0 aromatic carbocycles. The Morgan fingerprint density at radius 2 is 2.00 bits per heavy atom. The fourth-order valence-corrected chi connectivity index (χ4v) is 1.43. The van der Waals surface area contributed by atoms with E-state index < -0.39 is 0 Å². The number of methoxy groups -OCH3 is 1. The lowest BCUT2D eigenvalue weighted by Gasteiger charge is -2.15. The Bertz CT molecular complexity index is 145. The van der Waals surface area contributed by atoms with Crippen LogP contribution in [0.15, 0.2) is 12.2 Å². The fourth-order valence-electron chi connectivity index (χ4n) is 1.43. The van der Waals surface area contributed by atoms with Gasteiger partial charge in [0.05, 0.1) is 0 Å². The van der Waals surface area contributed by atoms with Crippen LogP contribution in [0.4, 0.5) is 0 Å². The smallest absolute Gasteiger partial charge is 0.0465 e. The van der Waals surface area contributed by atoms with E-state index in [0.717, 1.165) is 32.4 Å². The van der Waals surface area contributed by atoms with Gasteiger partial charge < -0.3 is 9.64 Å². The zero-order chi connectivity index (χ0) is 10.8. The second-order valence-corrected chi connectivity index (χ2v) is 3.90. The monoisotopic (exact) mass is 199 g/mol. The lowest BCUT2D eigenvalue weighted by molar-refractivity contribution is 0.194. The van der Waals surface area contributed by atoms with Gasteiger partial charge in [-0.25, -0.2) is 0 Å². The molecule has 0 heterocycles. The molecule has 0 atom stereocenters. The van der Waals surface area contributed by atoms with Crippen molar-refractivity contribution in [2.24, 2.45) is 0 Å². The standard InChI is InChI=1S/C12H25NO/c1-5-9-13(3)10-8-12(2)7-6-11-14-4/h2,5-11H2,1,3-4H3. The first-order valence-electron chi connectivity index (χ1n) is 5.54. The number of hydrogen-bond donors (Lipinski definition) is 0. The minimum atomic E-state index is 0.851. The van der Waals surface area contributed by atoms with Gasteiger partial charge in [-0.3, -0.25) is 0 Å². The highest BCUT2D eigenvalue weighted by Crippen LogP contribution is 2.07. The van der Waals surface area contributed by atoms with Crippen molar-refractivity contribution in [3.8, 4) is 0 Å². The van der Waals surface area contributed by atoms with E-state index in [0.29, 0.717) is 0 Å². The molecule has 14 heavy (non-hydrogen) atoms. The summed E-state index contributed by atoms with van der Waals surface area (Å²) < 4.78 is 5.00. The van der Waals surface area contributed by atoms with Gasteiger partial charge in [0, 0.05) is 20.3 Å². The molecule has 0 fully saturated rings. The Kier molecular flexibility index (Phi) is 9.00. The first-order valence-corrected chi connectivity index (χ1v) is 5.54. The van der Waals surface area contributed by atoms with Crippen molar-refractivity contribution in [3.05, 3.63) is 12.2 Å². The minimum Gasteiger partial charge on any atom is -0.385 e. The van der Waals surface area contributed by atoms with Crippen LogP contribution in [0.1, 0.15) is 32.6 Å². The molecule has 0 unspecified atom stereocenters. The van der Waals surface area contributed by atoms with Crippen LogP contribution in [0.2, 0.25) is 0 Å². The summed E-state index contributed by atoms with van der Waals surface area (Å²) in [6.07, 6.45) is 4.56. The van der Waals surface area contributed by atoms with Crippen LogP contribution in [0, 0.1) is 0 Å². The maximum atomic E-state index is 5.00. The topological polar surface area (TPSA) is 12.5 Å². The van der Waals surface area contributed by atoms with Gasteiger partial charge in [-0.2, -0.15) is 0 Å². The van der Waals surface area contributed by atoms with E-state index in [2.05, 4.69) is 25.5 Å². The van der Waals surface area contributed by atoms with Gasteiger partial charge in [-0.15, -0.1) is 0 Å². The van der Waals surface area contributed by atoms with E-state index in [4.69, 9.17) is 4.74 Å². The molecule has 0 saturated heterocycles. The van der Waals surface area contributed by atoms with Gasteiger partial charge in [-0.05, 0) is 39.3 Å². The SMILES string of the molecule is C=C(CCCOC)CCN(C)CCC. The molecule has 0 aromatic rings. The Hall–Kier alpha value is -0.340. The second-order valence-electron chi connectivity index (χ2n) is 3.90. The third-order valence-electron chi connectivity index (χ3n) is 2.33. The summed E-state index contributed by atoms with van der Waals surface area (Å²) in [5.74, 6) is 0. The molecule has 2 heteroatoms. The second kappa shape index (κ2) is 9.22. The normalized spacial score (nSPS) is 10.9. The van der Waals surface area contributed by atoms with E-state index in [9.17, 15) is 0 Å². The maximum absolute atomic E-state index is 5.00. The molecule has 0 radical (unpaired) electrons. The summed E-state index contributed by atoms with van der Waals surface area (Å²) in [5, 5.41) is 0. The first-order chi connectivity index (χ1) is 6.70. The highest BCUT2D eigenvalue weighted by atomic mass is 16.5. The summed E-state index contributed by atoms with van der Waals surface area (Å²) in [7, 11) is 3.92. The number of ether oxygens (including phenoxy) is 1. The molecule has 0 aliphatic heterocycles. The largest absolute Gasteiger partial charge is 0.385 e. The quantitative estimate of drug-likeness (QED) is 0.418. The van der Waals surface area contributed by atoms with Gasteiger partial charge in [0.15, 0.2) is 0 Å². The van der Waals surface area contributed by atoms with Crippen LogP contribution >= 0.6 is 0 Å². The molecular weight excluding hydrogens is 174 g/mol. The predicted octanol–water partition coefficient (Wildman–Crippen LogP) is 2.70. The van der Waals surface area contributed by atoms with Crippen LogP contribution in [0.3, 0.4) is 0 Å². The average Bonchev–Trinajstić information content (AvgIpc) is 2.16. The van der Waals surface area contributed by atoms with Crippen molar-refractivity contribution in [1.82, 2.24) is 4.90 Å². The van der Waals surface area contributed by atoms with Gasteiger partial charge in [0.25, 0.3) is 0 Å². The average molecular weight is 199 g/mol. The van der Waals surface area contributed by atoms with E-state index in [1.54, 1.807) is 7.11 Å². The lowest BCUT2D eigenvalue weighted by Crippen LogP contribution is -2.20. The Morgan fingerprint density at radius 3 is 2.57 bits per heavy atom. The molecule has 0 N–H and O–H groups in total. The Morgan fingerprint density at radius 1 is 1.29 bits per heavy atom. The number of hydrogen-bond acceptors (Lipinski definition) is 2. The van der Waals surface area contributed by atoms with Gasteiger partial charge in [-0.1, -0.05) is 19.1 Å². The van der Waals surface area contributed by atoms with E-state index >= 15 is 0 Å². The third kappa shape index (κ3) is 8.27. The summed E-state index contributed by atoms with van der Waals surface area (Å²) in [5.41, 5.74) is 1.35. The summed E-state index contributed by atoms with van der Waals surface area (Å²) in [6, 6.07) is 0. The van der Waals surface area contributed by atoms with Gasteiger partial charge >= 0.3 is 0 Å². The maximum Gasteiger partial charge on any atom is 0.0465 e. The Balaban J connectivity index is 3.34. The van der Waals surface area contributed by atoms with Crippen LogP contribution < -0.4 is 0 Å². The molecule has 84 valence electrons. The van der Waals surface area contributed by atoms with Crippen molar-refractivity contribution in [3.63, 3.8) is 0 Å². The molecule has 0 amide bonds. The zero-order valence-corrected chi connectivity index (χ0v) is 10.0. The van der Waals surface area contributed by atoms with Crippen molar-refractivity contribution < 1.29 is 4.74 Å². The molecular formula is C12H25NO. The first kappa shape index (κ1) is 13.7. The minimum absolute atomic E-state index is 0.851. The fraction of sp³-hybridized carbons (Fsp3) is 0.833. The number of nitrogens with zero attached hydrogens (tertiary/aromatic N) is 1. The van der Waals surface area contributed by atoms with E-state index in [1.165, 1.54) is 18.5 Å². The molecule has 0 spiro atoms. The lowest BCUT2D eigenvalue weighted by atomic mass is 10.1. The molecule has 0 aliphatic carbocycles. The van der Waals surface area contributed by atoms with Crippen molar-refractivity contribution in [1.29, 1.82) is 0 Å². The van der Waals surface area contributed by atoms with E-state index in [1.807, 2.05) is 0 Å². The highest BCUT2D eigenvalue weighted by molar-refractivity contribution is 4.94. The molecule has 0 bridgehead atoms. The third-order valence-corrected chi connectivity index (χ3v) is 2.33. The van der Waals surface area contributed by atoms with Crippen molar-refractivity contribution in [2.75, 3.05) is 33.9 Å². The van der Waals surface area contributed by atoms with Crippen LogP contribution in [0.25, 0.3) is 0 Å². The van der Waals surface area contributed by atoms with Crippen molar-refractivity contribution >= 4 is 0 Å². The molecule has 0 aliphatic rings.